The summed E-state index contributed by atoms with van der Waals surface area (Å²) >= 11 is 0. The Morgan fingerprint density at radius 3 is 2.67 bits per heavy atom. The molecule has 1 amide bonds. The first-order valence-corrected chi connectivity index (χ1v) is 8.12. The van der Waals surface area contributed by atoms with Gasteiger partial charge in [0.15, 0.2) is 5.79 Å². The molecule has 2 aliphatic heterocycles. The van der Waals surface area contributed by atoms with Crippen LogP contribution >= 0.6 is 0 Å². The van der Waals surface area contributed by atoms with Gasteiger partial charge in [0.25, 0.3) is 11.5 Å². The Labute approximate surface area is 138 Å². The van der Waals surface area contributed by atoms with Gasteiger partial charge < -0.3 is 14.4 Å². The van der Waals surface area contributed by atoms with E-state index in [1.54, 1.807) is 30.3 Å². The Morgan fingerprint density at radius 2 is 1.96 bits per heavy atom. The number of carbonyl (C=O) groups excluding carboxylic acids is 1. The smallest absolute Gasteiger partial charge is 0.264 e. The van der Waals surface area contributed by atoms with Crippen molar-refractivity contribution in [3.63, 3.8) is 0 Å². The van der Waals surface area contributed by atoms with Crippen LogP contribution in [0.25, 0.3) is 11.0 Å². The third-order valence-corrected chi connectivity index (χ3v) is 4.83. The standard InChI is InChI=1S/C17H19N3O4/c1-19-14-12(3-2-6-18-14)11-13(15(19)21)16(22)20-7-4-17(5-8-20)23-9-10-24-17/h2-3,6,11H,4-5,7-10H2,1H3. The summed E-state index contributed by atoms with van der Waals surface area (Å²) < 4.78 is 12.8. The van der Waals surface area contributed by atoms with Crippen molar-refractivity contribution in [3.8, 4) is 0 Å². The number of pyridine rings is 2. The summed E-state index contributed by atoms with van der Waals surface area (Å²) in [5.74, 6) is -0.774. The van der Waals surface area contributed by atoms with Crippen LogP contribution in [0.5, 0.6) is 0 Å². The fourth-order valence-electron chi connectivity index (χ4n) is 3.46. The maximum absolute atomic E-state index is 12.8. The topological polar surface area (TPSA) is 73.7 Å². The molecule has 0 radical (unpaired) electrons. The number of piperidine rings is 1. The molecule has 0 saturated carbocycles. The molecule has 7 heteroatoms. The number of fused-ring (bicyclic) bond motifs is 1. The number of amides is 1. The first-order valence-electron chi connectivity index (χ1n) is 8.12. The SMILES string of the molecule is Cn1c(=O)c(C(=O)N2CCC3(CC2)OCCO3)cc2cccnc21. The molecule has 126 valence electrons. The van der Waals surface area contributed by atoms with E-state index in [9.17, 15) is 9.59 Å². The molecule has 2 aromatic rings. The molecule has 0 bridgehead atoms. The number of rotatable bonds is 1. The summed E-state index contributed by atoms with van der Waals surface area (Å²) in [6, 6.07) is 5.28. The Bertz CT molecular complexity index is 845. The number of hydrogen-bond donors (Lipinski definition) is 0. The molecule has 2 fully saturated rings. The van der Waals surface area contributed by atoms with Crippen molar-refractivity contribution in [3.05, 3.63) is 40.3 Å². The zero-order chi connectivity index (χ0) is 16.7. The van der Waals surface area contributed by atoms with Crippen LogP contribution in [0.1, 0.15) is 23.2 Å². The van der Waals surface area contributed by atoms with Gasteiger partial charge in [-0.2, -0.15) is 0 Å². The van der Waals surface area contributed by atoms with Crippen LogP contribution in [0.3, 0.4) is 0 Å². The first kappa shape index (κ1) is 15.3. The molecule has 2 aliphatic rings. The second-order valence-electron chi connectivity index (χ2n) is 6.24. The predicted octanol–water partition coefficient (Wildman–Crippen LogP) is 0.913. The number of hydrogen-bond acceptors (Lipinski definition) is 5. The highest BCUT2D eigenvalue weighted by molar-refractivity contribution is 5.97. The number of nitrogens with zero attached hydrogens (tertiary/aromatic N) is 3. The van der Waals surface area contributed by atoms with Crippen molar-refractivity contribution < 1.29 is 14.3 Å². The second kappa shape index (κ2) is 5.68. The molecular weight excluding hydrogens is 310 g/mol. The fourth-order valence-corrected chi connectivity index (χ4v) is 3.46. The van der Waals surface area contributed by atoms with Crippen LogP contribution in [0, 0.1) is 0 Å². The zero-order valence-corrected chi connectivity index (χ0v) is 13.5. The van der Waals surface area contributed by atoms with Gasteiger partial charge in [-0.25, -0.2) is 4.98 Å². The Kier molecular flexibility index (Phi) is 3.62. The Hall–Kier alpha value is -2.25. The van der Waals surface area contributed by atoms with E-state index in [0.29, 0.717) is 44.8 Å². The highest BCUT2D eigenvalue weighted by atomic mass is 16.7. The average molecular weight is 329 g/mol. The van der Waals surface area contributed by atoms with Gasteiger partial charge in [-0.15, -0.1) is 0 Å². The highest BCUT2D eigenvalue weighted by Gasteiger charge is 2.41. The number of aryl methyl sites for hydroxylation is 1. The molecule has 0 atom stereocenters. The zero-order valence-electron chi connectivity index (χ0n) is 13.5. The molecule has 0 aromatic carbocycles. The third kappa shape index (κ3) is 2.40. The van der Waals surface area contributed by atoms with Gasteiger partial charge in [-0.05, 0) is 18.2 Å². The highest BCUT2D eigenvalue weighted by Crippen LogP contribution is 2.31. The summed E-state index contributed by atoms with van der Waals surface area (Å²) in [5.41, 5.74) is 0.437. The lowest BCUT2D eigenvalue weighted by atomic mass is 10.0. The maximum atomic E-state index is 12.8. The summed E-state index contributed by atoms with van der Waals surface area (Å²) in [4.78, 5) is 31.3. The van der Waals surface area contributed by atoms with Gasteiger partial charge >= 0.3 is 0 Å². The van der Waals surface area contributed by atoms with E-state index in [1.165, 1.54) is 4.57 Å². The summed E-state index contributed by atoms with van der Waals surface area (Å²) in [6.45, 7) is 2.25. The quantitative estimate of drug-likeness (QED) is 0.778. The fraction of sp³-hybridized carbons (Fsp3) is 0.471. The van der Waals surface area contributed by atoms with Crippen molar-refractivity contribution in [1.29, 1.82) is 0 Å². The number of ether oxygens (including phenoxy) is 2. The van der Waals surface area contributed by atoms with E-state index in [1.807, 2.05) is 6.07 Å². The molecule has 24 heavy (non-hydrogen) atoms. The molecule has 2 aromatic heterocycles. The van der Waals surface area contributed by atoms with E-state index in [0.717, 1.165) is 5.39 Å². The molecule has 4 rings (SSSR count). The molecule has 0 unspecified atom stereocenters. The van der Waals surface area contributed by atoms with Crippen LogP contribution in [0.4, 0.5) is 0 Å². The van der Waals surface area contributed by atoms with Crippen LogP contribution < -0.4 is 5.56 Å². The molecule has 0 N–H and O–H groups in total. The Morgan fingerprint density at radius 1 is 1.25 bits per heavy atom. The van der Waals surface area contributed by atoms with Crippen molar-refractivity contribution in [1.82, 2.24) is 14.5 Å². The largest absolute Gasteiger partial charge is 0.347 e. The number of carbonyl (C=O) groups is 1. The van der Waals surface area contributed by atoms with E-state index in [-0.39, 0.29) is 17.0 Å². The predicted molar refractivity (Wildman–Crippen MR) is 86.8 cm³/mol. The summed E-state index contributed by atoms with van der Waals surface area (Å²) in [6.07, 6.45) is 2.90. The lowest BCUT2D eigenvalue weighted by molar-refractivity contribution is -0.181. The van der Waals surface area contributed by atoms with Crippen molar-refractivity contribution >= 4 is 16.9 Å². The van der Waals surface area contributed by atoms with E-state index >= 15 is 0 Å². The Balaban J connectivity index is 1.62. The van der Waals surface area contributed by atoms with Crippen molar-refractivity contribution in [2.24, 2.45) is 7.05 Å². The molecule has 1 spiro atoms. The van der Waals surface area contributed by atoms with Gasteiger partial charge in [0.1, 0.15) is 11.2 Å². The number of aromatic nitrogens is 2. The van der Waals surface area contributed by atoms with Crippen molar-refractivity contribution in [2.45, 2.75) is 18.6 Å². The molecular formula is C17H19N3O4. The van der Waals surface area contributed by atoms with E-state index < -0.39 is 5.79 Å². The monoisotopic (exact) mass is 329 g/mol. The average Bonchev–Trinajstić information content (AvgIpc) is 3.06. The van der Waals surface area contributed by atoms with Crippen LogP contribution in [0.2, 0.25) is 0 Å². The van der Waals surface area contributed by atoms with Gasteiger partial charge in [-0.3, -0.25) is 14.2 Å². The second-order valence-corrected chi connectivity index (χ2v) is 6.24. The lowest BCUT2D eigenvalue weighted by Gasteiger charge is -2.37. The van der Waals surface area contributed by atoms with Crippen LogP contribution in [-0.4, -0.2) is 52.4 Å². The van der Waals surface area contributed by atoms with Crippen LogP contribution in [-0.2, 0) is 16.5 Å². The van der Waals surface area contributed by atoms with Gasteiger partial charge in [-0.1, -0.05) is 0 Å². The molecule has 4 heterocycles. The van der Waals surface area contributed by atoms with Crippen molar-refractivity contribution in [2.75, 3.05) is 26.3 Å². The third-order valence-electron chi connectivity index (χ3n) is 4.83. The van der Waals surface area contributed by atoms with Gasteiger partial charge in [0, 0.05) is 44.6 Å². The molecule has 7 nitrogen and oxygen atoms in total. The minimum atomic E-state index is -0.533. The number of likely N-dealkylation sites (tertiary alicyclic amines) is 1. The lowest BCUT2D eigenvalue weighted by Crippen LogP contribution is -2.48. The van der Waals surface area contributed by atoms with Gasteiger partial charge in [0.2, 0.25) is 0 Å². The van der Waals surface area contributed by atoms with E-state index in [2.05, 4.69) is 4.98 Å². The molecule has 2 saturated heterocycles. The normalized spacial score (nSPS) is 20.0. The van der Waals surface area contributed by atoms with Gasteiger partial charge in [0.05, 0.1) is 13.2 Å². The maximum Gasteiger partial charge on any atom is 0.264 e. The van der Waals surface area contributed by atoms with E-state index in [4.69, 9.17) is 9.47 Å². The minimum absolute atomic E-state index is 0.183. The summed E-state index contributed by atoms with van der Waals surface area (Å²) in [5, 5.41) is 0.777. The minimum Gasteiger partial charge on any atom is -0.347 e. The molecule has 0 aliphatic carbocycles. The first-order chi connectivity index (χ1) is 11.6. The van der Waals surface area contributed by atoms with Crippen LogP contribution in [0.15, 0.2) is 29.2 Å². The summed E-state index contributed by atoms with van der Waals surface area (Å²) in [7, 11) is 1.64.